The van der Waals surface area contributed by atoms with E-state index in [1.807, 2.05) is 18.2 Å². The maximum atomic E-state index is 12.1. The molecule has 1 aromatic heterocycles. The smallest absolute Gasteiger partial charge is 0.167 e. The Balaban J connectivity index is 2.01. The van der Waals surface area contributed by atoms with Crippen molar-refractivity contribution >= 4 is 22.9 Å². The number of carbonyl (C=O) groups excluding carboxylic acids is 1. The minimum atomic E-state index is 0.0402. The Morgan fingerprint density at radius 3 is 2.70 bits per heavy atom. The van der Waals surface area contributed by atoms with Crippen LogP contribution in [0.25, 0.3) is 0 Å². The first-order valence-electron chi connectivity index (χ1n) is 6.27. The third-order valence-electron chi connectivity index (χ3n) is 2.92. The van der Waals surface area contributed by atoms with Gasteiger partial charge in [-0.2, -0.15) is 0 Å². The summed E-state index contributed by atoms with van der Waals surface area (Å²) in [6, 6.07) is 11.0. The van der Waals surface area contributed by atoms with E-state index in [1.165, 1.54) is 0 Å². The van der Waals surface area contributed by atoms with Crippen LogP contribution in [0.1, 0.15) is 22.3 Å². The predicted molar refractivity (Wildman–Crippen MR) is 82.5 cm³/mol. The first kappa shape index (κ1) is 14.3. The summed E-state index contributed by atoms with van der Waals surface area (Å²) in [5.41, 5.74) is 1.59. The van der Waals surface area contributed by atoms with E-state index in [0.717, 1.165) is 11.3 Å². The first-order valence-corrected chi connectivity index (χ1v) is 6.68. The third-order valence-corrected chi connectivity index (χ3v) is 3.21. The number of thiocarbonyl (C=S) groups is 1. The fourth-order valence-electron chi connectivity index (χ4n) is 1.93. The van der Waals surface area contributed by atoms with Crippen LogP contribution in [0.3, 0.4) is 0 Å². The molecule has 0 saturated heterocycles. The largest absolute Gasteiger partial charge is 0.496 e. The van der Waals surface area contributed by atoms with Crippen LogP contribution in [-0.4, -0.2) is 22.7 Å². The molecule has 0 aliphatic rings. The molecule has 4 heteroatoms. The highest BCUT2D eigenvalue weighted by Gasteiger charge is 2.11. The average Bonchev–Trinajstić information content (AvgIpc) is 2.48. The van der Waals surface area contributed by atoms with Crippen LogP contribution >= 0.6 is 12.2 Å². The summed E-state index contributed by atoms with van der Waals surface area (Å²) in [7, 11) is 1.61. The molecule has 1 heterocycles. The highest BCUT2D eigenvalue weighted by Crippen LogP contribution is 2.18. The van der Waals surface area contributed by atoms with Crippen molar-refractivity contribution in [3.63, 3.8) is 0 Å². The molecule has 0 N–H and O–H groups in total. The lowest BCUT2D eigenvalue weighted by Gasteiger charge is -2.08. The zero-order valence-electron chi connectivity index (χ0n) is 11.2. The number of benzene rings is 1. The van der Waals surface area contributed by atoms with E-state index in [0.29, 0.717) is 16.8 Å². The number of methoxy groups -OCH3 is 1. The molecule has 0 fully saturated rings. The SMILES string of the molecule is COc1ccncc1CC(=S)CC(=O)c1ccccc1. The van der Waals surface area contributed by atoms with Crippen molar-refractivity contribution in [1.29, 1.82) is 0 Å². The summed E-state index contributed by atoms with van der Waals surface area (Å²) in [5, 5.41) is 0. The van der Waals surface area contributed by atoms with Crippen molar-refractivity contribution in [2.75, 3.05) is 7.11 Å². The van der Waals surface area contributed by atoms with Gasteiger partial charge in [-0.05, 0) is 6.07 Å². The molecule has 0 saturated carbocycles. The minimum absolute atomic E-state index is 0.0402. The van der Waals surface area contributed by atoms with E-state index >= 15 is 0 Å². The van der Waals surface area contributed by atoms with Gasteiger partial charge in [0.15, 0.2) is 5.78 Å². The van der Waals surface area contributed by atoms with Crippen molar-refractivity contribution in [1.82, 2.24) is 4.98 Å². The Bertz CT molecular complexity index is 611. The Morgan fingerprint density at radius 1 is 1.25 bits per heavy atom. The normalized spacial score (nSPS) is 10.1. The topological polar surface area (TPSA) is 39.2 Å². The number of hydrogen-bond acceptors (Lipinski definition) is 4. The van der Waals surface area contributed by atoms with Gasteiger partial charge in [-0.3, -0.25) is 9.78 Å². The number of hydrogen-bond donors (Lipinski definition) is 0. The predicted octanol–water partition coefficient (Wildman–Crippen LogP) is 3.28. The van der Waals surface area contributed by atoms with Crippen LogP contribution in [-0.2, 0) is 6.42 Å². The van der Waals surface area contributed by atoms with Gasteiger partial charge in [0.2, 0.25) is 0 Å². The number of carbonyl (C=O) groups is 1. The van der Waals surface area contributed by atoms with Crippen LogP contribution in [0.4, 0.5) is 0 Å². The van der Waals surface area contributed by atoms with Gasteiger partial charge in [0.05, 0.1) is 7.11 Å². The molecule has 20 heavy (non-hydrogen) atoms. The van der Waals surface area contributed by atoms with E-state index in [1.54, 1.807) is 37.7 Å². The summed E-state index contributed by atoms with van der Waals surface area (Å²) in [4.78, 5) is 16.8. The van der Waals surface area contributed by atoms with Gasteiger partial charge in [-0.15, -0.1) is 0 Å². The van der Waals surface area contributed by atoms with Gasteiger partial charge < -0.3 is 4.74 Å². The number of rotatable bonds is 6. The summed E-state index contributed by atoms with van der Waals surface area (Å²) < 4.78 is 5.25. The lowest BCUT2D eigenvalue weighted by Crippen LogP contribution is -2.09. The second-order valence-electron chi connectivity index (χ2n) is 4.37. The van der Waals surface area contributed by atoms with Crippen LogP contribution in [0.5, 0.6) is 5.75 Å². The molecule has 0 aliphatic heterocycles. The molecule has 0 atom stereocenters. The number of Topliss-reactive ketones (excluding diaryl/α,β-unsaturated/α-hetero) is 1. The van der Waals surface area contributed by atoms with Gasteiger partial charge >= 0.3 is 0 Å². The number of pyridine rings is 1. The van der Waals surface area contributed by atoms with E-state index in [-0.39, 0.29) is 12.2 Å². The quantitative estimate of drug-likeness (QED) is 0.603. The van der Waals surface area contributed by atoms with Crippen LogP contribution < -0.4 is 4.74 Å². The van der Waals surface area contributed by atoms with Crippen molar-refractivity contribution in [2.24, 2.45) is 0 Å². The number of nitrogens with zero attached hydrogens (tertiary/aromatic N) is 1. The Morgan fingerprint density at radius 2 is 2.00 bits per heavy atom. The van der Waals surface area contributed by atoms with Gasteiger partial charge in [-0.25, -0.2) is 0 Å². The summed E-state index contributed by atoms with van der Waals surface area (Å²) in [6.45, 7) is 0. The molecule has 3 nitrogen and oxygen atoms in total. The Labute approximate surface area is 123 Å². The fourth-order valence-corrected chi connectivity index (χ4v) is 2.21. The fraction of sp³-hybridized carbons (Fsp3) is 0.188. The van der Waals surface area contributed by atoms with Crippen LogP contribution in [0.2, 0.25) is 0 Å². The lowest BCUT2D eigenvalue weighted by atomic mass is 10.0. The maximum absolute atomic E-state index is 12.1. The number of ketones is 1. The monoisotopic (exact) mass is 285 g/mol. The molecule has 0 spiro atoms. The van der Waals surface area contributed by atoms with E-state index < -0.39 is 0 Å². The number of ether oxygens (including phenoxy) is 1. The average molecular weight is 285 g/mol. The first-order chi connectivity index (χ1) is 9.70. The highest BCUT2D eigenvalue weighted by atomic mass is 32.1. The van der Waals surface area contributed by atoms with Crippen LogP contribution in [0, 0.1) is 0 Å². The van der Waals surface area contributed by atoms with Crippen molar-refractivity contribution < 1.29 is 9.53 Å². The van der Waals surface area contributed by atoms with E-state index in [4.69, 9.17) is 17.0 Å². The molecular formula is C16H15NO2S. The standard InChI is InChI=1S/C16H15NO2S/c1-19-16-7-8-17-11-13(16)9-14(20)10-15(18)12-5-3-2-4-6-12/h2-8,11H,9-10H2,1H3. The maximum Gasteiger partial charge on any atom is 0.167 e. The Hall–Kier alpha value is -2.07. The van der Waals surface area contributed by atoms with E-state index in [2.05, 4.69) is 4.98 Å². The molecule has 0 aliphatic carbocycles. The lowest BCUT2D eigenvalue weighted by molar-refractivity contribution is 0.100. The van der Waals surface area contributed by atoms with Gasteiger partial charge in [0.1, 0.15) is 5.75 Å². The van der Waals surface area contributed by atoms with Crippen LogP contribution in [0.15, 0.2) is 48.8 Å². The van der Waals surface area contributed by atoms with Gasteiger partial charge in [0, 0.05) is 41.2 Å². The zero-order valence-corrected chi connectivity index (χ0v) is 12.0. The van der Waals surface area contributed by atoms with E-state index in [9.17, 15) is 4.79 Å². The highest BCUT2D eigenvalue weighted by molar-refractivity contribution is 7.80. The zero-order chi connectivity index (χ0) is 14.4. The summed E-state index contributed by atoms with van der Waals surface area (Å²) >= 11 is 5.32. The van der Waals surface area contributed by atoms with Crippen molar-refractivity contribution in [2.45, 2.75) is 12.8 Å². The molecule has 0 unspecified atom stereocenters. The molecule has 2 rings (SSSR count). The molecule has 2 aromatic rings. The third kappa shape index (κ3) is 3.71. The van der Waals surface area contributed by atoms with Crippen molar-refractivity contribution in [3.05, 3.63) is 59.9 Å². The molecule has 1 aromatic carbocycles. The molecular weight excluding hydrogens is 270 g/mol. The second kappa shape index (κ2) is 6.91. The molecule has 0 bridgehead atoms. The molecule has 0 amide bonds. The second-order valence-corrected chi connectivity index (χ2v) is 4.95. The van der Waals surface area contributed by atoms with Gasteiger partial charge in [-0.1, -0.05) is 42.5 Å². The Kier molecular flexibility index (Phi) is 4.96. The molecule has 102 valence electrons. The molecule has 0 radical (unpaired) electrons. The summed E-state index contributed by atoms with van der Waals surface area (Å²) in [5.74, 6) is 0.785. The van der Waals surface area contributed by atoms with Gasteiger partial charge in [0.25, 0.3) is 0 Å². The van der Waals surface area contributed by atoms with Crippen molar-refractivity contribution in [3.8, 4) is 5.75 Å². The summed E-state index contributed by atoms with van der Waals surface area (Å²) in [6.07, 6.45) is 4.17. The number of aromatic nitrogens is 1. The minimum Gasteiger partial charge on any atom is -0.496 e.